The fourth-order valence-electron chi connectivity index (χ4n) is 2.89. The number of aromatic amines is 1. The molecule has 0 saturated heterocycles. The number of aromatic nitrogens is 3. The van der Waals surface area contributed by atoms with Crippen LogP contribution in [0.3, 0.4) is 0 Å². The van der Waals surface area contributed by atoms with Crippen LogP contribution in [0.4, 0.5) is 4.39 Å². The SMILES string of the molecule is CC(C)c1cnc(CNCc2cc(=O)cc[nH]2)n1Cc1ccc(F)cc1. The summed E-state index contributed by atoms with van der Waals surface area (Å²) in [4.78, 5) is 19.0. The predicted molar refractivity (Wildman–Crippen MR) is 99.4 cm³/mol. The van der Waals surface area contributed by atoms with Gasteiger partial charge < -0.3 is 14.9 Å². The van der Waals surface area contributed by atoms with E-state index in [1.807, 2.05) is 6.20 Å². The zero-order valence-electron chi connectivity index (χ0n) is 15.0. The Bertz CT molecular complexity index is 912. The van der Waals surface area contributed by atoms with Gasteiger partial charge >= 0.3 is 0 Å². The Morgan fingerprint density at radius 3 is 2.65 bits per heavy atom. The molecule has 0 bridgehead atoms. The van der Waals surface area contributed by atoms with Crippen LogP contribution >= 0.6 is 0 Å². The first-order valence-electron chi connectivity index (χ1n) is 8.70. The lowest BCUT2D eigenvalue weighted by Gasteiger charge is -2.15. The molecule has 0 saturated carbocycles. The third-order valence-electron chi connectivity index (χ3n) is 4.25. The summed E-state index contributed by atoms with van der Waals surface area (Å²) in [5, 5.41) is 3.32. The normalized spacial score (nSPS) is 11.2. The van der Waals surface area contributed by atoms with Gasteiger partial charge in [-0.3, -0.25) is 4.79 Å². The first kappa shape index (κ1) is 18.1. The molecular weight excluding hydrogens is 331 g/mol. The average Bonchev–Trinajstić information content (AvgIpc) is 3.00. The number of nitrogens with one attached hydrogen (secondary N) is 2. The van der Waals surface area contributed by atoms with Crippen molar-refractivity contribution in [3.63, 3.8) is 0 Å². The van der Waals surface area contributed by atoms with Crippen molar-refractivity contribution >= 4 is 0 Å². The molecule has 0 amide bonds. The molecule has 3 aromatic rings. The van der Waals surface area contributed by atoms with Gasteiger partial charge in [-0.2, -0.15) is 0 Å². The van der Waals surface area contributed by atoms with E-state index < -0.39 is 0 Å². The van der Waals surface area contributed by atoms with Crippen LogP contribution in [-0.2, 0) is 19.6 Å². The highest BCUT2D eigenvalue weighted by Gasteiger charge is 2.13. The average molecular weight is 354 g/mol. The van der Waals surface area contributed by atoms with Crippen molar-refractivity contribution in [3.05, 3.63) is 87.6 Å². The van der Waals surface area contributed by atoms with Gasteiger partial charge in [0, 0.05) is 49.0 Å². The van der Waals surface area contributed by atoms with E-state index in [1.165, 1.54) is 18.2 Å². The first-order valence-corrected chi connectivity index (χ1v) is 8.70. The number of rotatable bonds is 7. The standard InChI is InChI=1S/C20H23FN4O/c1-14(2)19-11-24-20(12-22-10-17-9-18(26)7-8-23-17)25(19)13-15-3-5-16(21)6-4-15/h3-9,11,14,22H,10,12-13H2,1-2H3,(H,23,26). The Labute approximate surface area is 151 Å². The topological polar surface area (TPSA) is 62.7 Å². The molecule has 2 N–H and O–H groups in total. The van der Waals surface area contributed by atoms with Crippen molar-refractivity contribution in [2.45, 2.75) is 39.4 Å². The van der Waals surface area contributed by atoms with Crippen LogP contribution in [0, 0.1) is 5.82 Å². The summed E-state index contributed by atoms with van der Waals surface area (Å²) in [7, 11) is 0. The lowest BCUT2D eigenvalue weighted by Crippen LogP contribution is -2.19. The third kappa shape index (κ3) is 4.46. The molecule has 3 rings (SSSR count). The van der Waals surface area contributed by atoms with E-state index in [9.17, 15) is 9.18 Å². The summed E-state index contributed by atoms with van der Waals surface area (Å²) >= 11 is 0. The minimum Gasteiger partial charge on any atom is -0.364 e. The Hall–Kier alpha value is -2.73. The quantitative estimate of drug-likeness (QED) is 0.685. The molecule has 2 heterocycles. The molecule has 136 valence electrons. The van der Waals surface area contributed by atoms with E-state index in [2.05, 4.69) is 33.7 Å². The van der Waals surface area contributed by atoms with Gasteiger partial charge in [-0.1, -0.05) is 26.0 Å². The van der Waals surface area contributed by atoms with Gasteiger partial charge in [0.15, 0.2) is 5.43 Å². The van der Waals surface area contributed by atoms with Crippen molar-refractivity contribution in [1.29, 1.82) is 0 Å². The molecule has 0 radical (unpaired) electrons. The maximum Gasteiger partial charge on any atom is 0.181 e. The van der Waals surface area contributed by atoms with E-state index in [-0.39, 0.29) is 11.2 Å². The van der Waals surface area contributed by atoms with Crippen LogP contribution in [0.1, 0.15) is 42.5 Å². The third-order valence-corrected chi connectivity index (χ3v) is 4.25. The number of hydrogen-bond donors (Lipinski definition) is 2. The molecule has 0 spiro atoms. The van der Waals surface area contributed by atoms with Crippen molar-refractivity contribution in [2.75, 3.05) is 0 Å². The van der Waals surface area contributed by atoms with Gasteiger partial charge in [-0.25, -0.2) is 9.37 Å². The summed E-state index contributed by atoms with van der Waals surface area (Å²) in [6.07, 6.45) is 3.54. The number of hydrogen-bond acceptors (Lipinski definition) is 3. The number of halogens is 1. The highest BCUT2D eigenvalue weighted by Crippen LogP contribution is 2.18. The van der Waals surface area contributed by atoms with Gasteiger partial charge in [0.2, 0.25) is 0 Å². The zero-order chi connectivity index (χ0) is 18.5. The zero-order valence-corrected chi connectivity index (χ0v) is 15.0. The van der Waals surface area contributed by atoms with E-state index in [4.69, 9.17) is 0 Å². The highest BCUT2D eigenvalue weighted by atomic mass is 19.1. The molecule has 1 aromatic carbocycles. The molecule has 0 aliphatic carbocycles. The van der Waals surface area contributed by atoms with E-state index >= 15 is 0 Å². The van der Waals surface area contributed by atoms with Gasteiger partial charge in [0.1, 0.15) is 11.6 Å². The van der Waals surface area contributed by atoms with Crippen LogP contribution in [0.25, 0.3) is 0 Å². The number of nitrogens with zero attached hydrogens (tertiary/aromatic N) is 2. The lowest BCUT2D eigenvalue weighted by atomic mass is 10.1. The van der Waals surface area contributed by atoms with Crippen molar-refractivity contribution in [1.82, 2.24) is 19.9 Å². The minimum atomic E-state index is -0.234. The number of benzene rings is 1. The van der Waals surface area contributed by atoms with Crippen molar-refractivity contribution in [3.8, 4) is 0 Å². The number of pyridine rings is 1. The predicted octanol–water partition coefficient (Wildman–Crippen LogP) is 3.17. The highest BCUT2D eigenvalue weighted by molar-refractivity contribution is 5.19. The van der Waals surface area contributed by atoms with Crippen molar-refractivity contribution in [2.24, 2.45) is 0 Å². The maximum absolute atomic E-state index is 13.2. The summed E-state index contributed by atoms with van der Waals surface area (Å²) < 4.78 is 15.3. The van der Waals surface area contributed by atoms with Gasteiger partial charge in [-0.15, -0.1) is 0 Å². The van der Waals surface area contributed by atoms with Crippen LogP contribution in [-0.4, -0.2) is 14.5 Å². The Balaban J connectivity index is 1.74. The summed E-state index contributed by atoms with van der Waals surface area (Å²) in [5.74, 6) is 1.01. The molecular formula is C20H23FN4O. The summed E-state index contributed by atoms with van der Waals surface area (Å²) in [6.45, 7) is 6.03. The molecule has 0 atom stereocenters. The molecule has 0 aliphatic heterocycles. The van der Waals surface area contributed by atoms with Crippen LogP contribution in [0.5, 0.6) is 0 Å². The van der Waals surface area contributed by atoms with E-state index in [1.54, 1.807) is 24.4 Å². The Kier molecular flexibility index (Phi) is 5.63. The Morgan fingerprint density at radius 1 is 1.19 bits per heavy atom. The van der Waals surface area contributed by atoms with Crippen LogP contribution in [0.15, 0.2) is 53.6 Å². The fraction of sp³-hybridized carbons (Fsp3) is 0.300. The monoisotopic (exact) mass is 354 g/mol. The second-order valence-electron chi connectivity index (χ2n) is 6.62. The summed E-state index contributed by atoms with van der Waals surface area (Å²) in [6, 6.07) is 9.62. The van der Waals surface area contributed by atoms with Crippen LogP contribution in [0.2, 0.25) is 0 Å². The van der Waals surface area contributed by atoms with Crippen LogP contribution < -0.4 is 10.7 Å². The lowest BCUT2D eigenvalue weighted by molar-refractivity contribution is 0.593. The minimum absolute atomic E-state index is 0.0135. The smallest absolute Gasteiger partial charge is 0.181 e. The molecule has 5 nitrogen and oxygen atoms in total. The van der Waals surface area contributed by atoms with Gasteiger partial charge in [0.05, 0.1) is 6.54 Å². The van der Waals surface area contributed by atoms with Crippen molar-refractivity contribution < 1.29 is 4.39 Å². The number of imidazole rings is 1. The van der Waals surface area contributed by atoms with E-state index in [0.29, 0.717) is 25.6 Å². The molecule has 2 aromatic heterocycles. The van der Waals surface area contributed by atoms with Gasteiger partial charge in [-0.05, 0) is 23.6 Å². The first-order chi connectivity index (χ1) is 12.5. The fourth-order valence-corrected chi connectivity index (χ4v) is 2.89. The molecule has 0 aliphatic rings. The van der Waals surface area contributed by atoms with Gasteiger partial charge in [0.25, 0.3) is 0 Å². The number of H-pyrrole nitrogens is 1. The Morgan fingerprint density at radius 2 is 1.96 bits per heavy atom. The molecule has 0 fully saturated rings. The maximum atomic E-state index is 13.2. The molecule has 26 heavy (non-hydrogen) atoms. The largest absolute Gasteiger partial charge is 0.364 e. The molecule has 6 heteroatoms. The summed E-state index contributed by atoms with van der Waals surface area (Å²) in [5.41, 5.74) is 2.98. The second kappa shape index (κ2) is 8.10. The van der Waals surface area contributed by atoms with E-state index in [0.717, 1.165) is 22.8 Å². The molecule has 0 unspecified atom stereocenters. The second-order valence-corrected chi connectivity index (χ2v) is 6.62.